The summed E-state index contributed by atoms with van der Waals surface area (Å²) >= 11 is 0. The van der Waals surface area contributed by atoms with Gasteiger partial charge in [0.05, 0.1) is 17.6 Å². The van der Waals surface area contributed by atoms with Crippen molar-refractivity contribution in [2.75, 3.05) is 11.9 Å². The Hall–Kier alpha value is -1.09. The fraction of sp³-hybridized carbons (Fsp3) is 0.643. The summed E-state index contributed by atoms with van der Waals surface area (Å²) in [5, 5.41) is 0. The van der Waals surface area contributed by atoms with Crippen LogP contribution in [0.3, 0.4) is 0 Å². The van der Waals surface area contributed by atoms with Crippen LogP contribution < -0.4 is 10.6 Å². The monoisotopic (exact) mass is 235 g/mol. The number of hydrogen-bond acceptors (Lipinski definition) is 3. The highest BCUT2D eigenvalue weighted by atomic mass is 15.1. The quantitative estimate of drug-likeness (QED) is 0.823. The zero-order valence-corrected chi connectivity index (χ0v) is 11.5. The summed E-state index contributed by atoms with van der Waals surface area (Å²) in [6.45, 7) is 6.54. The van der Waals surface area contributed by atoms with Gasteiger partial charge < -0.3 is 10.6 Å². The van der Waals surface area contributed by atoms with E-state index in [4.69, 9.17) is 5.73 Å². The lowest BCUT2D eigenvalue weighted by Crippen LogP contribution is -2.28. The van der Waals surface area contributed by atoms with Crippen LogP contribution in [-0.4, -0.2) is 18.1 Å². The van der Waals surface area contributed by atoms with Crippen molar-refractivity contribution in [1.82, 2.24) is 4.98 Å². The van der Waals surface area contributed by atoms with Gasteiger partial charge in [-0.3, -0.25) is 4.98 Å². The largest absolute Gasteiger partial charge is 0.371 e. The molecule has 17 heavy (non-hydrogen) atoms. The number of anilines is 1. The van der Waals surface area contributed by atoms with Gasteiger partial charge >= 0.3 is 0 Å². The van der Waals surface area contributed by atoms with E-state index in [0.29, 0.717) is 6.04 Å². The van der Waals surface area contributed by atoms with Crippen molar-refractivity contribution in [2.24, 2.45) is 5.73 Å². The van der Waals surface area contributed by atoms with Crippen LogP contribution in [0.15, 0.2) is 18.3 Å². The summed E-state index contributed by atoms with van der Waals surface area (Å²) in [6.07, 6.45) is 5.26. The molecule has 0 aliphatic heterocycles. The van der Waals surface area contributed by atoms with Gasteiger partial charge in [-0.25, -0.2) is 0 Å². The van der Waals surface area contributed by atoms with Crippen molar-refractivity contribution in [2.45, 2.75) is 52.1 Å². The zero-order valence-electron chi connectivity index (χ0n) is 11.5. The lowest BCUT2D eigenvalue weighted by Gasteiger charge is -2.26. The molecule has 1 aromatic rings. The van der Waals surface area contributed by atoms with E-state index in [2.05, 4.69) is 43.8 Å². The van der Waals surface area contributed by atoms with Crippen molar-refractivity contribution in [3.63, 3.8) is 0 Å². The first-order valence-electron chi connectivity index (χ1n) is 6.54. The third-order valence-corrected chi connectivity index (χ3v) is 3.37. The second kappa shape index (κ2) is 6.60. The molecule has 96 valence electrons. The molecule has 3 nitrogen and oxygen atoms in total. The van der Waals surface area contributed by atoms with Gasteiger partial charge in [0.15, 0.2) is 0 Å². The predicted molar refractivity (Wildman–Crippen MR) is 74.2 cm³/mol. The van der Waals surface area contributed by atoms with Gasteiger partial charge in [-0.05, 0) is 31.9 Å². The Morgan fingerprint density at radius 3 is 2.53 bits per heavy atom. The van der Waals surface area contributed by atoms with Gasteiger partial charge in [0.2, 0.25) is 0 Å². The average Bonchev–Trinajstić information content (AvgIpc) is 2.37. The highest BCUT2D eigenvalue weighted by Crippen LogP contribution is 2.19. The molecule has 2 atom stereocenters. The maximum Gasteiger partial charge on any atom is 0.0572 e. The fourth-order valence-electron chi connectivity index (χ4n) is 1.90. The maximum atomic E-state index is 5.95. The van der Waals surface area contributed by atoms with E-state index in [1.54, 1.807) is 0 Å². The van der Waals surface area contributed by atoms with E-state index in [-0.39, 0.29) is 6.04 Å². The van der Waals surface area contributed by atoms with Crippen molar-refractivity contribution in [3.8, 4) is 0 Å². The standard InChI is InChI=1S/C14H25N3/c1-5-7-11(3)17(4)12-8-9-14(16-10-12)13(15)6-2/h8-11,13H,5-7,15H2,1-4H3/t11?,13-/m1/s1. The lowest BCUT2D eigenvalue weighted by atomic mass is 10.1. The Morgan fingerprint density at radius 1 is 1.35 bits per heavy atom. The van der Waals surface area contributed by atoms with Crippen molar-refractivity contribution in [3.05, 3.63) is 24.0 Å². The number of aromatic nitrogens is 1. The normalized spacial score (nSPS) is 14.4. The summed E-state index contributed by atoms with van der Waals surface area (Å²) in [7, 11) is 2.12. The molecule has 0 radical (unpaired) electrons. The van der Waals surface area contributed by atoms with Crippen LogP contribution in [0.1, 0.15) is 51.8 Å². The maximum absolute atomic E-state index is 5.95. The van der Waals surface area contributed by atoms with E-state index < -0.39 is 0 Å². The molecule has 0 aromatic carbocycles. The molecule has 1 heterocycles. The summed E-state index contributed by atoms with van der Waals surface area (Å²) < 4.78 is 0. The summed E-state index contributed by atoms with van der Waals surface area (Å²) in [6, 6.07) is 4.76. The smallest absolute Gasteiger partial charge is 0.0572 e. The summed E-state index contributed by atoms with van der Waals surface area (Å²) in [4.78, 5) is 6.72. The number of hydrogen-bond donors (Lipinski definition) is 1. The average molecular weight is 235 g/mol. The molecule has 2 N–H and O–H groups in total. The second-order valence-corrected chi connectivity index (χ2v) is 4.70. The van der Waals surface area contributed by atoms with Crippen LogP contribution in [0.4, 0.5) is 5.69 Å². The van der Waals surface area contributed by atoms with Gasteiger partial charge in [-0.15, -0.1) is 0 Å². The minimum atomic E-state index is 0.0578. The number of nitrogens with two attached hydrogens (primary N) is 1. The fourth-order valence-corrected chi connectivity index (χ4v) is 1.90. The molecule has 1 unspecified atom stereocenters. The Balaban J connectivity index is 2.73. The molecule has 0 aliphatic carbocycles. The van der Waals surface area contributed by atoms with Gasteiger partial charge in [0, 0.05) is 19.1 Å². The van der Waals surface area contributed by atoms with Gasteiger partial charge in [0.1, 0.15) is 0 Å². The first kappa shape index (κ1) is 14.0. The molecule has 0 saturated carbocycles. The lowest BCUT2D eigenvalue weighted by molar-refractivity contribution is 0.614. The highest BCUT2D eigenvalue weighted by molar-refractivity contribution is 5.44. The molecule has 3 heteroatoms. The van der Waals surface area contributed by atoms with Crippen LogP contribution in [0.5, 0.6) is 0 Å². The van der Waals surface area contributed by atoms with Crippen molar-refractivity contribution >= 4 is 5.69 Å². The Kier molecular flexibility index (Phi) is 5.42. The minimum Gasteiger partial charge on any atom is -0.371 e. The van der Waals surface area contributed by atoms with Crippen molar-refractivity contribution < 1.29 is 0 Å². The molecule has 1 aromatic heterocycles. The molecule has 1 rings (SSSR count). The highest BCUT2D eigenvalue weighted by Gasteiger charge is 2.10. The predicted octanol–water partition coefficient (Wildman–Crippen LogP) is 3.12. The minimum absolute atomic E-state index is 0.0578. The van der Waals surface area contributed by atoms with Crippen LogP contribution in [0.2, 0.25) is 0 Å². The SMILES string of the molecule is CCCC(C)N(C)c1ccc([C@H](N)CC)nc1. The topological polar surface area (TPSA) is 42.1 Å². The van der Waals surface area contributed by atoms with Gasteiger partial charge in [-0.1, -0.05) is 20.3 Å². The molecule has 0 fully saturated rings. The van der Waals surface area contributed by atoms with Crippen LogP contribution >= 0.6 is 0 Å². The molecule has 0 bridgehead atoms. The van der Waals surface area contributed by atoms with E-state index in [1.165, 1.54) is 12.8 Å². The molecule has 0 saturated heterocycles. The van der Waals surface area contributed by atoms with Gasteiger partial charge in [0.25, 0.3) is 0 Å². The number of rotatable bonds is 6. The summed E-state index contributed by atoms with van der Waals surface area (Å²) in [5.41, 5.74) is 8.10. The number of nitrogens with zero attached hydrogens (tertiary/aromatic N) is 2. The molecule has 0 amide bonds. The van der Waals surface area contributed by atoms with E-state index >= 15 is 0 Å². The Labute approximate surface area is 105 Å². The summed E-state index contributed by atoms with van der Waals surface area (Å²) in [5.74, 6) is 0. The molecular weight excluding hydrogens is 210 g/mol. The second-order valence-electron chi connectivity index (χ2n) is 4.70. The Morgan fingerprint density at radius 2 is 2.06 bits per heavy atom. The van der Waals surface area contributed by atoms with Crippen LogP contribution in [0.25, 0.3) is 0 Å². The number of pyridine rings is 1. The van der Waals surface area contributed by atoms with E-state index in [0.717, 1.165) is 17.8 Å². The first-order valence-corrected chi connectivity index (χ1v) is 6.54. The molecule has 0 aliphatic rings. The van der Waals surface area contributed by atoms with E-state index in [9.17, 15) is 0 Å². The molecule has 0 spiro atoms. The Bertz CT molecular complexity index is 321. The zero-order chi connectivity index (χ0) is 12.8. The third kappa shape index (κ3) is 3.70. The van der Waals surface area contributed by atoms with Crippen LogP contribution in [-0.2, 0) is 0 Å². The molecular formula is C14H25N3. The van der Waals surface area contributed by atoms with Crippen molar-refractivity contribution in [1.29, 1.82) is 0 Å². The third-order valence-electron chi connectivity index (χ3n) is 3.37. The van der Waals surface area contributed by atoms with Gasteiger partial charge in [-0.2, -0.15) is 0 Å². The first-order chi connectivity index (χ1) is 8.10. The van der Waals surface area contributed by atoms with Crippen LogP contribution in [0, 0.1) is 0 Å². The van der Waals surface area contributed by atoms with E-state index in [1.807, 2.05) is 12.3 Å².